The Morgan fingerprint density at radius 1 is 0.786 bits per heavy atom. The summed E-state index contributed by atoms with van der Waals surface area (Å²) >= 11 is 0. The molecule has 2 saturated heterocycles. The zero-order valence-electron chi connectivity index (χ0n) is 32.9. The Morgan fingerprint density at radius 2 is 1.30 bits per heavy atom. The van der Waals surface area contributed by atoms with Gasteiger partial charge in [0.25, 0.3) is 5.69 Å². The highest BCUT2D eigenvalue weighted by Crippen LogP contribution is 2.25. The summed E-state index contributed by atoms with van der Waals surface area (Å²) in [6.07, 6.45) is 0.233. The summed E-state index contributed by atoms with van der Waals surface area (Å²) in [5.41, 5.74) is 0.137. The van der Waals surface area contributed by atoms with Gasteiger partial charge in [-0.2, -0.15) is 0 Å². The second-order valence-corrected chi connectivity index (χ2v) is 15.6. The molecule has 2 aromatic rings. The van der Waals surface area contributed by atoms with Crippen LogP contribution in [0.25, 0.3) is 0 Å². The molecule has 2 aliphatic heterocycles. The minimum absolute atomic E-state index is 0.0819. The van der Waals surface area contributed by atoms with Crippen LogP contribution in [0.5, 0.6) is 5.75 Å². The van der Waals surface area contributed by atoms with E-state index >= 15 is 0 Å². The number of benzene rings is 2. The van der Waals surface area contributed by atoms with Crippen LogP contribution in [0.4, 0.5) is 21.0 Å². The van der Waals surface area contributed by atoms with E-state index in [1.54, 1.807) is 72.7 Å². The maximum Gasteiger partial charge on any atom is 0.514 e. The Balaban J connectivity index is 1.33. The normalized spacial score (nSPS) is 17.9. The highest BCUT2D eigenvalue weighted by molar-refractivity contribution is 5.99. The minimum atomic E-state index is -1.00. The predicted molar refractivity (Wildman–Crippen MR) is 203 cm³/mol. The number of nitrogens with zero attached hydrogens (tertiary/aromatic N) is 3. The van der Waals surface area contributed by atoms with Crippen molar-refractivity contribution < 1.29 is 47.9 Å². The number of carbonyl (C=O) groups is 6. The zero-order chi connectivity index (χ0) is 41.3. The van der Waals surface area contributed by atoms with E-state index in [-0.39, 0.29) is 29.9 Å². The first-order valence-electron chi connectivity index (χ1n) is 18.7. The molecule has 4 rings (SSSR count). The summed E-state index contributed by atoms with van der Waals surface area (Å²) in [5.74, 6) is -2.23. The number of ether oxygens (including phenoxy) is 3. The number of carbonyl (C=O) groups excluding carboxylic acids is 6. The lowest BCUT2D eigenvalue weighted by Gasteiger charge is -2.33. The Labute approximate surface area is 325 Å². The maximum absolute atomic E-state index is 14.0. The van der Waals surface area contributed by atoms with Crippen LogP contribution in [0.3, 0.4) is 0 Å². The number of non-ortho nitro benzene ring substituents is 1. The third-order valence-corrected chi connectivity index (χ3v) is 9.34. The standard InChI is InChI=1S/C39H52N6O11/c1-23(2)31(41-34(47)30-11-9-21-44(30)36(49)32(24(3)4)42-37(50)56-39(5,6)7)35(48)43-20-8-10-29(43)33(46)40-26-14-12-25(13-15-26)22-54-38(51)55-28-18-16-27(17-19-28)45(52)53/h12-19,23-24,29-32H,8-11,20-22H2,1-7H3,(H,40,46)(H,41,47)(H,42,50)/t29-,30-,31-,32-/m0/s1. The van der Waals surface area contributed by atoms with Gasteiger partial charge in [-0.05, 0) is 88.1 Å². The van der Waals surface area contributed by atoms with Crippen molar-refractivity contribution in [3.05, 3.63) is 64.2 Å². The molecular formula is C39H52N6O11. The fourth-order valence-electron chi connectivity index (χ4n) is 6.49. The van der Waals surface area contributed by atoms with Crippen LogP contribution in [0.1, 0.15) is 79.7 Å². The van der Waals surface area contributed by atoms with Crippen molar-refractivity contribution in [3.63, 3.8) is 0 Å². The van der Waals surface area contributed by atoms with Gasteiger partial charge < -0.3 is 40.0 Å². The van der Waals surface area contributed by atoms with Crippen LogP contribution in [0.15, 0.2) is 48.5 Å². The molecule has 17 nitrogen and oxygen atoms in total. The van der Waals surface area contributed by atoms with Crippen LogP contribution < -0.4 is 20.7 Å². The predicted octanol–water partition coefficient (Wildman–Crippen LogP) is 4.92. The van der Waals surface area contributed by atoms with Gasteiger partial charge in [0, 0.05) is 30.9 Å². The van der Waals surface area contributed by atoms with Crippen molar-refractivity contribution in [2.24, 2.45) is 11.8 Å². The molecule has 0 aromatic heterocycles. The third-order valence-electron chi connectivity index (χ3n) is 9.34. The molecule has 0 unspecified atom stereocenters. The number of rotatable bonds is 13. The van der Waals surface area contributed by atoms with E-state index in [2.05, 4.69) is 16.0 Å². The van der Waals surface area contributed by atoms with Gasteiger partial charge in [0.15, 0.2) is 0 Å². The molecule has 2 fully saturated rings. The van der Waals surface area contributed by atoms with Gasteiger partial charge in [-0.3, -0.25) is 29.3 Å². The molecule has 2 aliphatic rings. The number of likely N-dealkylation sites (tertiary alicyclic amines) is 2. The van der Waals surface area contributed by atoms with Gasteiger partial charge in [0.05, 0.1) is 4.92 Å². The van der Waals surface area contributed by atoms with Crippen molar-refractivity contribution in [2.75, 3.05) is 18.4 Å². The lowest BCUT2D eigenvalue weighted by Crippen LogP contribution is -2.59. The highest BCUT2D eigenvalue weighted by Gasteiger charge is 2.43. The number of hydrogen-bond donors (Lipinski definition) is 3. The second kappa shape index (κ2) is 18.7. The van der Waals surface area contributed by atoms with Crippen LogP contribution >= 0.6 is 0 Å². The molecule has 0 radical (unpaired) electrons. The number of amides is 5. The Hall–Kier alpha value is -5.74. The molecule has 56 heavy (non-hydrogen) atoms. The second-order valence-electron chi connectivity index (χ2n) is 15.6. The van der Waals surface area contributed by atoms with Crippen LogP contribution in [-0.4, -0.2) is 93.5 Å². The fraction of sp³-hybridized carbons (Fsp3) is 0.538. The molecule has 4 atom stereocenters. The van der Waals surface area contributed by atoms with E-state index in [1.165, 1.54) is 34.1 Å². The van der Waals surface area contributed by atoms with E-state index in [0.29, 0.717) is 50.0 Å². The number of hydrogen-bond acceptors (Lipinski definition) is 11. The Morgan fingerprint density at radius 3 is 1.80 bits per heavy atom. The molecule has 0 aliphatic carbocycles. The van der Waals surface area contributed by atoms with Crippen molar-refractivity contribution in [1.82, 2.24) is 20.4 Å². The summed E-state index contributed by atoms with van der Waals surface area (Å²) in [6.45, 7) is 12.8. The lowest BCUT2D eigenvalue weighted by molar-refractivity contribution is -0.384. The van der Waals surface area contributed by atoms with E-state index in [0.717, 1.165) is 0 Å². The van der Waals surface area contributed by atoms with Gasteiger partial charge in [0.2, 0.25) is 23.6 Å². The first kappa shape index (κ1) is 43.0. The summed E-state index contributed by atoms with van der Waals surface area (Å²) in [6, 6.07) is 7.98. The molecule has 17 heteroatoms. The van der Waals surface area contributed by atoms with E-state index in [4.69, 9.17) is 14.2 Å². The number of nitro groups is 1. The average molecular weight is 781 g/mol. The smallest absolute Gasteiger partial charge is 0.444 e. The molecule has 304 valence electrons. The number of alkyl carbamates (subject to hydrolysis) is 1. The summed E-state index contributed by atoms with van der Waals surface area (Å²) in [4.78, 5) is 92.7. The van der Waals surface area contributed by atoms with E-state index in [9.17, 15) is 38.9 Å². The van der Waals surface area contributed by atoms with Crippen molar-refractivity contribution in [3.8, 4) is 5.75 Å². The maximum atomic E-state index is 14.0. The number of nitro benzene ring substituents is 1. The highest BCUT2D eigenvalue weighted by atomic mass is 16.7. The topological polar surface area (TPSA) is 216 Å². The fourth-order valence-corrected chi connectivity index (χ4v) is 6.49. The molecule has 0 spiro atoms. The van der Waals surface area contributed by atoms with Gasteiger partial charge >= 0.3 is 12.2 Å². The van der Waals surface area contributed by atoms with Gasteiger partial charge in [-0.1, -0.05) is 39.8 Å². The molecular weight excluding hydrogens is 728 g/mol. The largest absolute Gasteiger partial charge is 0.514 e. The Kier molecular flexibility index (Phi) is 14.4. The Bertz CT molecular complexity index is 1760. The van der Waals surface area contributed by atoms with Crippen molar-refractivity contribution >= 4 is 47.3 Å². The minimum Gasteiger partial charge on any atom is -0.444 e. The first-order valence-corrected chi connectivity index (χ1v) is 18.7. The van der Waals surface area contributed by atoms with Crippen LogP contribution in [0, 0.1) is 22.0 Å². The summed E-state index contributed by atoms with van der Waals surface area (Å²) in [7, 11) is 0. The average Bonchev–Trinajstić information content (AvgIpc) is 3.82. The quantitative estimate of drug-likeness (QED) is 0.107. The van der Waals surface area contributed by atoms with Gasteiger partial charge in [-0.25, -0.2) is 9.59 Å². The lowest BCUT2D eigenvalue weighted by atomic mass is 10.0. The molecule has 0 bridgehead atoms. The van der Waals surface area contributed by atoms with Gasteiger partial charge in [0.1, 0.15) is 42.1 Å². The third kappa shape index (κ3) is 11.6. The van der Waals surface area contributed by atoms with Crippen molar-refractivity contribution in [1.29, 1.82) is 0 Å². The number of anilines is 1. The van der Waals surface area contributed by atoms with Crippen LogP contribution in [-0.2, 0) is 35.3 Å². The van der Waals surface area contributed by atoms with E-state index < -0.39 is 70.6 Å². The molecule has 3 N–H and O–H groups in total. The van der Waals surface area contributed by atoms with Crippen molar-refractivity contribution in [2.45, 2.75) is 111 Å². The SMILES string of the molecule is CC(C)[C@H](NC(=O)OC(C)(C)C)C(=O)N1CCC[C@H]1C(=O)N[C@H](C(=O)N1CCC[C@H]1C(=O)Nc1ccc(COC(=O)Oc2ccc([N+](=O)[O-])cc2)cc1)C(C)C. The first-order chi connectivity index (χ1) is 26.3. The summed E-state index contributed by atoms with van der Waals surface area (Å²) in [5, 5.41) is 19.2. The monoisotopic (exact) mass is 780 g/mol. The number of nitrogens with one attached hydrogen (secondary N) is 3. The van der Waals surface area contributed by atoms with Crippen LogP contribution in [0.2, 0.25) is 0 Å². The molecule has 5 amide bonds. The molecule has 2 heterocycles. The zero-order valence-corrected chi connectivity index (χ0v) is 32.9. The van der Waals surface area contributed by atoms with E-state index in [1.807, 2.05) is 0 Å². The summed E-state index contributed by atoms with van der Waals surface area (Å²) < 4.78 is 15.5. The van der Waals surface area contributed by atoms with Gasteiger partial charge in [-0.15, -0.1) is 0 Å². The molecule has 0 saturated carbocycles. The molecule has 2 aromatic carbocycles.